The fourth-order valence-corrected chi connectivity index (χ4v) is 4.63. The molecule has 39 heavy (non-hydrogen) atoms. The van der Waals surface area contributed by atoms with Gasteiger partial charge in [-0.15, -0.1) is 0 Å². The van der Waals surface area contributed by atoms with Gasteiger partial charge >= 0.3 is 6.01 Å². The molecule has 208 valence electrons. The van der Waals surface area contributed by atoms with Gasteiger partial charge in [0.05, 0.1) is 30.8 Å². The second-order valence-electron chi connectivity index (χ2n) is 8.39. The normalized spacial score (nSPS) is 11.7. The number of para-hydroxylation sites is 1. The van der Waals surface area contributed by atoms with Crippen LogP contribution in [0.15, 0.2) is 59.5 Å². The highest BCUT2D eigenvalue weighted by Crippen LogP contribution is 2.23. The molecule has 11 nitrogen and oxygen atoms in total. The van der Waals surface area contributed by atoms with Crippen molar-refractivity contribution in [2.75, 3.05) is 24.3 Å². The van der Waals surface area contributed by atoms with Crippen LogP contribution in [0.4, 0.5) is 11.5 Å². The number of anilines is 2. The van der Waals surface area contributed by atoms with Gasteiger partial charge in [0.1, 0.15) is 5.75 Å². The maximum atomic E-state index is 12.9. The van der Waals surface area contributed by atoms with E-state index in [1.807, 2.05) is 6.92 Å². The molecule has 1 heterocycles. The van der Waals surface area contributed by atoms with Crippen LogP contribution in [-0.2, 0) is 10.0 Å². The van der Waals surface area contributed by atoms with Crippen LogP contribution in [0.25, 0.3) is 0 Å². The number of hydrogen-bond acceptors (Lipinski definition) is 9. The van der Waals surface area contributed by atoms with E-state index < -0.39 is 15.9 Å². The summed E-state index contributed by atoms with van der Waals surface area (Å²) in [5.41, 5.74) is 0.831. The summed E-state index contributed by atoms with van der Waals surface area (Å²) >= 11 is 5.29. The van der Waals surface area contributed by atoms with Crippen molar-refractivity contribution in [1.29, 1.82) is 0 Å². The lowest BCUT2D eigenvalue weighted by molar-refractivity contribution is 0.0970. The van der Waals surface area contributed by atoms with Crippen LogP contribution in [0.2, 0.25) is 0 Å². The summed E-state index contributed by atoms with van der Waals surface area (Å²) in [5, 5.41) is 5.56. The van der Waals surface area contributed by atoms with Crippen molar-refractivity contribution in [1.82, 2.24) is 15.3 Å². The quantitative estimate of drug-likeness (QED) is 0.267. The van der Waals surface area contributed by atoms with Crippen LogP contribution >= 0.6 is 12.2 Å². The van der Waals surface area contributed by atoms with Crippen LogP contribution < -0.4 is 29.6 Å². The smallest absolute Gasteiger partial charge is 0.321 e. The number of unbranched alkanes of at least 4 members (excludes halogenated alkanes) is 1. The standard InChI is InChI=1S/C26H31N5O6S2/c1-5-6-9-17(2)37-21-11-8-7-10-20(21)24(32)30-26(38)27-18-12-14-19(15-13-18)39(33,34)31-22-16-23(35-3)29-25(28-22)36-4/h7-8,10-17H,5-6,9H2,1-4H3,(H,28,29,31)(H2,27,30,32,38). The second-order valence-corrected chi connectivity index (χ2v) is 10.5. The van der Waals surface area contributed by atoms with Gasteiger partial charge in [-0.3, -0.25) is 14.8 Å². The highest BCUT2D eigenvalue weighted by atomic mass is 32.2. The van der Waals surface area contributed by atoms with Crippen LogP contribution in [0.1, 0.15) is 43.5 Å². The van der Waals surface area contributed by atoms with E-state index in [-0.39, 0.29) is 33.8 Å². The average molecular weight is 574 g/mol. The van der Waals surface area contributed by atoms with Gasteiger partial charge in [-0.25, -0.2) is 8.42 Å². The third kappa shape index (κ3) is 8.52. The summed E-state index contributed by atoms with van der Waals surface area (Å²) < 4.78 is 44.0. The first kappa shape index (κ1) is 29.6. The first-order valence-electron chi connectivity index (χ1n) is 12.1. The van der Waals surface area contributed by atoms with Crippen molar-refractivity contribution >= 4 is 44.8 Å². The Labute approximate surface area is 233 Å². The molecular formula is C26H31N5O6S2. The Morgan fingerprint density at radius 1 is 1.05 bits per heavy atom. The molecule has 1 unspecified atom stereocenters. The van der Waals surface area contributed by atoms with E-state index in [1.54, 1.807) is 24.3 Å². The first-order chi connectivity index (χ1) is 18.6. The van der Waals surface area contributed by atoms with E-state index in [0.29, 0.717) is 17.0 Å². The molecule has 3 rings (SSSR count). The molecule has 0 saturated carbocycles. The summed E-state index contributed by atoms with van der Waals surface area (Å²) in [6.45, 7) is 4.08. The lowest BCUT2D eigenvalue weighted by Gasteiger charge is -2.17. The van der Waals surface area contributed by atoms with Gasteiger partial charge in [-0.2, -0.15) is 9.97 Å². The summed E-state index contributed by atoms with van der Waals surface area (Å²) in [7, 11) is -1.24. The highest BCUT2D eigenvalue weighted by molar-refractivity contribution is 7.92. The number of carbonyl (C=O) groups is 1. The highest BCUT2D eigenvalue weighted by Gasteiger charge is 2.18. The predicted octanol–water partition coefficient (Wildman–Crippen LogP) is 4.38. The summed E-state index contributed by atoms with van der Waals surface area (Å²) in [5.74, 6) is 0.163. The summed E-state index contributed by atoms with van der Waals surface area (Å²) in [6.07, 6.45) is 2.94. The Morgan fingerprint density at radius 2 is 1.77 bits per heavy atom. The van der Waals surface area contributed by atoms with E-state index in [1.165, 1.54) is 44.6 Å². The molecule has 0 bridgehead atoms. The molecule has 13 heteroatoms. The first-order valence-corrected chi connectivity index (χ1v) is 14.0. The number of benzene rings is 2. The number of hydrogen-bond donors (Lipinski definition) is 3. The number of nitrogens with one attached hydrogen (secondary N) is 3. The lowest BCUT2D eigenvalue weighted by atomic mass is 10.1. The number of nitrogens with zero attached hydrogens (tertiary/aromatic N) is 2. The monoisotopic (exact) mass is 573 g/mol. The van der Waals surface area contributed by atoms with Gasteiger partial charge in [-0.1, -0.05) is 31.9 Å². The molecule has 0 aliphatic heterocycles. The number of sulfonamides is 1. The minimum Gasteiger partial charge on any atom is -0.490 e. The zero-order valence-corrected chi connectivity index (χ0v) is 23.7. The van der Waals surface area contributed by atoms with E-state index in [9.17, 15) is 13.2 Å². The molecule has 0 saturated heterocycles. The number of aromatic nitrogens is 2. The van der Waals surface area contributed by atoms with E-state index in [2.05, 4.69) is 32.2 Å². The van der Waals surface area contributed by atoms with Crippen LogP contribution in [-0.4, -0.2) is 49.7 Å². The third-order valence-electron chi connectivity index (χ3n) is 5.39. The largest absolute Gasteiger partial charge is 0.490 e. The number of carbonyl (C=O) groups excluding carboxylic acids is 1. The van der Waals surface area contributed by atoms with Crippen molar-refractivity contribution in [3.05, 3.63) is 60.2 Å². The van der Waals surface area contributed by atoms with Gasteiger partial charge < -0.3 is 19.5 Å². The molecule has 1 amide bonds. The molecule has 2 aromatic carbocycles. The van der Waals surface area contributed by atoms with E-state index in [0.717, 1.165) is 19.3 Å². The van der Waals surface area contributed by atoms with Gasteiger partial charge in [0.2, 0.25) is 5.88 Å². The molecule has 1 aromatic heterocycles. The molecule has 0 aliphatic carbocycles. The summed E-state index contributed by atoms with van der Waals surface area (Å²) in [4.78, 5) is 20.8. The molecule has 3 N–H and O–H groups in total. The van der Waals surface area contributed by atoms with Crippen molar-refractivity contribution in [3.8, 4) is 17.6 Å². The van der Waals surface area contributed by atoms with Gasteiger partial charge in [0.15, 0.2) is 10.9 Å². The lowest BCUT2D eigenvalue weighted by Crippen LogP contribution is -2.34. The van der Waals surface area contributed by atoms with E-state index >= 15 is 0 Å². The second kappa shape index (κ2) is 13.7. The molecule has 0 radical (unpaired) electrons. The number of rotatable bonds is 12. The van der Waals surface area contributed by atoms with Gasteiger partial charge in [-0.05, 0) is 62.0 Å². The average Bonchev–Trinajstić information content (AvgIpc) is 2.91. The molecule has 0 fully saturated rings. The Bertz CT molecular complexity index is 1380. The van der Waals surface area contributed by atoms with Crippen LogP contribution in [0.3, 0.4) is 0 Å². The van der Waals surface area contributed by atoms with Crippen molar-refractivity contribution in [2.24, 2.45) is 0 Å². The molecule has 0 spiro atoms. The van der Waals surface area contributed by atoms with E-state index in [4.69, 9.17) is 26.4 Å². The Balaban J connectivity index is 1.63. The molecule has 0 aliphatic rings. The maximum absolute atomic E-state index is 12.9. The zero-order valence-electron chi connectivity index (χ0n) is 22.1. The molecular weight excluding hydrogens is 542 g/mol. The SMILES string of the molecule is CCCCC(C)Oc1ccccc1C(=O)NC(=S)Nc1ccc(S(=O)(=O)Nc2cc(OC)nc(OC)n2)cc1. The van der Waals surface area contributed by atoms with Crippen molar-refractivity contribution < 1.29 is 27.4 Å². The van der Waals surface area contributed by atoms with Crippen molar-refractivity contribution in [2.45, 2.75) is 44.1 Å². The van der Waals surface area contributed by atoms with Crippen molar-refractivity contribution in [3.63, 3.8) is 0 Å². The summed E-state index contributed by atoms with van der Waals surface area (Å²) in [6, 6.07) is 14.0. The fraction of sp³-hybridized carbons (Fsp3) is 0.308. The van der Waals surface area contributed by atoms with Gasteiger partial charge in [0.25, 0.3) is 15.9 Å². The third-order valence-corrected chi connectivity index (χ3v) is 6.96. The van der Waals surface area contributed by atoms with Gasteiger partial charge in [0, 0.05) is 11.8 Å². The zero-order chi connectivity index (χ0) is 28.4. The minimum atomic E-state index is -3.98. The topological polar surface area (TPSA) is 141 Å². The number of methoxy groups -OCH3 is 2. The fourth-order valence-electron chi connectivity index (χ4n) is 3.42. The minimum absolute atomic E-state index is 0.0196. The number of thiocarbonyl (C=S) groups is 1. The predicted molar refractivity (Wildman–Crippen MR) is 152 cm³/mol. The molecule has 3 aromatic rings. The Morgan fingerprint density at radius 3 is 2.44 bits per heavy atom. The number of ether oxygens (including phenoxy) is 3. The maximum Gasteiger partial charge on any atom is 0.321 e. The number of amides is 1. The Kier molecular flexibility index (Phi) is 10.4. The van der Waals surface area contributed by atoms with Crippen LogP contribution in [0, 0.1) is 0 Å². The van der Waals surface area contributed by atoms with Crippen LogP contribution in [0.5, 0.6) is 17.6 Å². The molecule has 1 atom stereocenters. The Hall–Kier alpha value is -3.97.